The fourth-order valence-corrected chi connectivity index (χ4v) is 2.49. The predicted octanol–water partition coefficient (Wildman–Crippen LogP) is 2.78. The number of carboxylic acids is 1. The summed E-state index contributed by atoms with van der Waals surface area (Å²) in [7, 11) is 0. The van der Waals surface area contributed by atoms with E-state index >= 15 is 0 Å². The molecule has 0 saturated carbocycles. The third-order valence-corrected chi connectivity index (χ3v) is 3.94. The van der Waals surface area contributed by atoms with Gasteiger partial charge in [-0.15, -0.1) is 0 Å². The average molecular weight is 407 g/mol. The van der Waals surface area contributed by atoms with Crippen molar-refractivity contribution >= 4 is 23.0 Å². The molecular weight excluding hydrogens is 391 g/mol. The van der Waals surface area contributed by atoms with Gasteiger partial charge in [-0.2, -0.15) is 23.4 Å². The first-order valence-electron chi connectivity index (χ1n) is 8.32. The van der Waals surface area contributed by atoms with E-state index in [2.05, 4.69) is 46.1 Å². The molecule has 0 aromatic carbocycles. The average Bonchev–Trinajstić information content (AvgIpc) is 3.25. The number of imidazole rings is 1. The van der Waals surface area contributed by atoms with Crippen molar-refractivity contribution in [2.75, 3.05) is 5.73 Å². The minimum Gasteiger partial charge on any atom is -0.475 e. The Hall–Kier alpha value is -3.70. The van der Waals surface area contributed by atoms with E-state index in [1.807, 2.05) is 16.8 Å². The third-order valence-electron chi connectivity index (χ3n) is 3.94. The molecular formula is C17H16F3N7O2. The van der Waals surface area contributed by atoms with E-state index in [1.165, 1.54) is 6.33 Å². The first-order chi connectivity index (χ1) is 13.6. The second kappa shape index (κ2) is 7.37. The Balaban J connectivity index is 0.000000298. The van der Waals surface area contributed by atoms with Crippen LogP contribution in [0.3, 0.4) is 0 Å². The number of nitrogens with two attached hydrogens (primary N) is 1. The quantitative estimate of drug-likeness (QED) is 0.524. The van der Waals surface area contributed by atoms with Crippen molar-refractivity contribution in [1.82, 2.24) is 29.2 Å². The van der Waals surface area contributed by atoms with Crippen LogP contribution in [0.15, 0.2) is 36.9 Å². The number of aliphatic carboxylic acids is 1. The zero-order valence-electron chi connectivity index (χ0n) is 15.3. The lowest BCUT2D eigenvalue weighted by atomic mass is 10.1. The maximum atomic E-state index is 10.6. The van der Waals surface area contributed by atoms with Gasteiger partial charge in [0.2, 0.25) is 0 Å². The summed E-state index contributed by atoms with van der Waals surface area (Å²) in [6, 6.07) is 6.16. The van der Waals surface area contributed by atoms with Crippen LogP contribution < -0.4 is 5.73 Å². The maximum absolute atomic E-state index is 10.6. The molecule has 0 amide bonds. The monoisotopic (exact) mass is 407 g/mol. The summed E-state index contributed by atoms with van der Waals surface area (Å²) >= 11 is 0. The number of rotatable bonds is 2. The minimum absolute atomic E-state index is 0.369. The van der Waals surface area contributed by atoms with Crippen LogP contribution in [0.4, 0.5) is 19.0 Å². The Labute approximate surface area is 161 Å². The molecule has 0 fully saturated rings. The highest BCUT2D eigenvalue weighted by atomic mass is 19.4. The van der Waals surface area contributed by atoms with Crippen LogP contribution in [-0.2, 0) is 4.79 Å². The molecule has 0 bridgehead atoms. The summed E-state index contributed by atoms with van der Waals surface area (Å²) in [5, 5.41) is 15.9. The normalized spacial score (nSPS) is 11.7. The van der Waals surface area contributed by atoms with Crippen LogP contribution in [-0.4, -0.2) is 46.4 Å². The van der Waals surface area contributed by atoms with Gasteiger partial charge in [-0.1, -0.05) is 13.8 Å². The molecule has 29 heavy (non-hydrogen) atoms. The first kappa shape index (κ1) is 20.0. The van der Waals surface area contributed by atoms with Crippen LogP contribution in [0.1, 0.15) is 25.5 Å². The standard InChI is InChI=1S/C15H15N7.C2HF3O2/c1-9(2)12-6-11-5-10(3-4-21(11)20-12)13-7-17-15-14(16)18-8-19-22(13)15;3-2(4,5)1(6)7/h3-9H,1-2H3,(H2,16,18,19);(H,6,7). The molecule has 4 rings (SSSR count). The number of nitrogen functional groups attached to an aromatic ring is 1. The van der Waals surface area contributed by atoms with Gasteiger partial charge in [0.05, 0.1) is 23.1 Å². The number of hydrogen-bond donors (Lipinski definition) is 2. The predicted molar refractivity (Wildman–Crippen MR) is 97.2 cm³/mol. The smallest absolute Gasteiger partial charge is 0.475 e. The number of aromatic nitrogens is 6. The van der Waals surface area contributed by atoms with Crippen molar-refractivity contribution in [1.29, 1.82) is 0 Å². The van der Waals surface area contributed by atoms with Crippen LogP contribution in [0, 0.1) is 0 Å². The summed E-state index contributed by atoms with van der Waals surface area (Å²) in [5.41, 5.74) is 10.4. The lowest BCUT2D eigenvalue weighted by molar-refractivity contribution is -0.192. The van der Waals surface area contributed by atoms with E-state index in [0.29, 0.717) is 17.4 Å². The van der Waals surface area contributed by atoms with Crippen molar-refractivity contribution < 1.29 is 23.1 Å². The molecule has 0 saturated heterocycles. The molecule has 4 heterocycles. The molecule has 0 aliphatic rings. The largest absolute Gasteiger partial charge is 0.490 e. The number of alkyl halides is 3. The molecule has 0 atom stereocenters. The summed E-state index contributed by atoms with van der Waals surface area (Å²) < 4.78 is 35.3. The van der Waals surface area contributed by atoms with Crippen molar-refractivity contribution in [2.24, 2.45) is 0 Å². The molecule has 0 aliphatic heterocycles. The van der Waals surface area contributed by atoms with E-state index in [-0.39, 0.29) is 0 Å². The molecule has 3 N–H and O–H groups in total. The topological polar surface area (TPSA) is 124 Å². The van der Waals surface area contributed by atoms with Gasteiger partial charge in [0.15, 0.2) is 11.5 Å². The van der Waals surface area contributed by atoms with Gasteiger partial charge in [0, 0.05) is 11.8 Å². The van der Waals surface area contributed by atoms with Gasteiger partial charge >= 0.3 is 12.1 Å². The Morgan fingerprint density at radius 2 is 1.93 bits per heavy atom. The summed E-state index contributed by atoms with van der Waals surface area (Å²) in [6.07, 6.45) is 0.0498. The van der Waals surface area contributed by atoms with E-state index < -0.39 is 12.1 Å². The lowest BCUT2D eigenvalue weighted by Crippen LogP contribution is -2.21. The van der Waals surface area contributed by atoms with E-state index in [4.69, 9.17) is 15.6 Å². The Morgan fingerprint density at radius 3 is 2.55 bits per heavy atom. The highest BCUT2D eigenvalue weighted by Gasteiger charge is 2.38. The highest BCUT2D eigenvalue weighted by molar-refractivity contribution is 5.73. The SMILES string of the molecule is CC(C)c1cc2cc(-c3cnc4c(N)ncnn34)ccn2n1.O=C(O)C(F)(F)F. The number of anilines is 1. The van der Waals surface area contributed by atoms with Gasteiger partial charge in [-0.05, 0) is 24.1 Å². The Kier molecular flexibility index (Phi) is 5.10. The number of carbonyl (C=O) groups is 1. The van der Waals surface area contributed by atoms with Gasteiger partial charge < -0.3 is 10.8 Å². The van der Waals surface area contributed by atoms with E-state index in [0.717, 1.165) is 22.5 Å². The lowest BCUT2D eigenvalue weighted by Gasteiger charge is -2.02. The zero-order chi connectivity index (χ0) is 21.3. The molecule has 0 aliphatic carbocycles. The number of carboxylic acid groups (broad SMARTS) is 1. The van der Waals surface area contributed by atoms with Gasteiger partial charge in [0.1, 0.15) is 6.33 Å². The van der Waals surface area contributed by atoms with Gasteiger partial charge in [-0.3, -0.25) is 0 Å². The van der Waals surface area contributed by atoms with Crippen molar-refractivity contribution in [3.05, 3.63) is 42.6 Å². The van der Waals surface area contributed by atoms with Crippen molar-refractivity contribution in [3.63, 3.8) is 0 Å². The van der Waals surface area contributed by atoms with Crippen LogP contribution in [0.5, 0.6) is 0 Å². The van der Waals surface area contributed by atoms with E-state index in [1.54, 1.807) is 10.7 Å². The molecule has 0 spiro atoms. The number of hydrogen-bond acceptors (Lipinski definition) is 6. The summed E-state index contributed by atoms with van der Waals surface area (Å²) in [6.45, 7) is 4.26. The third kappa shape index (κ3) is 4.10. The molecule has 4 aromatic heterocycles. The summed E-state index contributed by atoms with van der Waals surface area (Å²) in [5.74, 6) is -1.99. The molecule has 0 radical (unpaired) electrons. The summed E-state index contributed by atoms with van der Waals surface area (Å²) in [4.78, 5) is 17.2. The second-order valence-corrected chi connectivity index (χ2v) is 6.34. The van der Waals surface area contributed by atoms with Crippen LogP contribution >= 0.6 is 0 Å². The Bertz CT molecular complexity index is 1180. The first-order valence-corrected chi connectivity index (χ1v) is 8.32. The molecule has 9 nitrogen and oxygen atoms in total. The number of halogens is 3. The number of nitrogens with zero attached hydrogens (tertiary/aromatic N) is 6. The molecule has 4 aromatic rings. The van der Waals surface area contributed by atoms with E-state index in [9.17, 15) is 13.2 Å². The maximum Gasteiger partial charge on any atom is 0.490 e. The fraction of sp³-hybridized carbons (Fsp3) is 0.235. The molecule has 152 valence electrons. The number of fused-ring (bicyclic) bond motifs is 2. The minimum atomic E-state index is -5.08. The van der Waals surface area contributed by atoms with Crippen LogP contribution in [0.2, 0.25) is 0 Å². The highest BCUT2D eigenvalue weighted by Crippen LogP contribution is 2.24. The van der Waals surface area contributed by atoms with Gasteiger partial charge in [0.25, 0.3) is 0 Å². The van der Waals surface area contributed by atoms with Crippen LogP contribution in [0.25, 0.3) is 22.4 Å². The molecule has 0 unspecified atom stereocenters. The zero-order valence-corrected chi connectivity index (χ0v) is 15.3. The number of pyridine rings is 1. The van der Waals surface area contributed by atoms with Gasteiger partial charge in [-0.25, -0.2) is 23.8 Å². The van der Waals surface area contributed by atoms with Crippen molar-refractivity contribution in [2.45, 2.75) is 25.9 Å². The fourth-order valence-electron chi connectivity index (χ4n) is 2.49. The molecule has 12 heteroatoms. The second-order valence-electron chi connectivity index (χ2n) is 6.34. The van der Waals surface area contributed by atoms with Crippen molar-refractivity contribution in [3.8, 4) is 11.3 Å². The Morgan fingerprint density at radius 1 is 1.24 bits per heavy atom.